The molecule has 2 aromatic rings. The number of aromatic nitrogens is 3. The molecule has 0 radical (unpaired) electrons. The van der Waals surface area contributed by atoms with Crippen molar-refractivity contribution in [3.05, 3.63) is 47.0 Å². The Morgan fingerprint density at radius 1 is 1.05 bits per heavy atom. The van der Waals surface area contributed by atoms with Gasteiger partial charge in [0.1, 0.15) is 5.82 Å². The van der Waals surface area contributed by atoms with Gasteiger partial charge in [-0.25, -0.2) is 9.37 Å². The molecular weight excluding hydrogens is 255 g/mol. The van der Waals surface area contributed by atoms with Crippen molar-refractivity contribution < 1.29 is 4.39 Å². The van der Waals surface area contributed by atoms with E-state index in [9.17, 15) is 4.39 Å². The summed E-state index contributed by atoms with van der Waals surface area (Å²) in [7, 11) is 0. The summed E-state index contributed by atoms with van der Waals surface area (Å²) < 4.78 is 13.5. The van der Waals surface area contributed by atoms with Crippen LogP contribution in [0, 0.1) is 5.82 Å². The zero-order valence-electron chi connectivity index (χ0n) is 11.9. The van der Waals surface area contributed by atoms with Crippen molar-refractivity contribution in [2.75, 3.05) is 11.9 Å². The highest BCUT2D eigenvalue weighted by atomic mass is 19.1. The van der Waals surface area contributed by atoms with Crippen molar-refractivity contribution in [1.29, 1.82) is 0 Å². The van der Waals surface area contributed by atoms with Gasteiger partial charge < -0.3 is 5.32 Å². The van der Waals surface area contributed by atoms with Crippen LogP contribution in [0.1, 0.15) is 30.8 Å². The fourth-order valence-corrected chi connectivity index (χ4v) is 2.02. The Labute approximate surface area is 118 Å². The molecule has 1 heterocycles. The van der Waals surface area contributed by atoms with Gasteiger partial charge in [0.05, 0.1) is 11.4 Å². The Balaban J connectivity index is 1.96. The number of hydrogen-bond donors (Lipinski definition) is 1. The summed E-state index contributed by atoms with van der Waals surface area (Å²) >= 11 is 0. The SMILES string of the molecule is CCc1nnc(NCCc2ccccc2F)nc1CC. The van der Waals surface area contributed by atoms with E-state index in [1.54, 1.807) is 12.1 Å². The lowest BCUT2D eigenvalue weighted by Crippen LogP contribution is -2.12. The lowest BCUT2D eigenvalue weighted by Gasteiger charge is -2.08. The topological polar surface area (TPSA) is 50.7 Å². The summed E-state index contributed by atoms with van der Waals surface area (Å²) in [6, 6.07) is 6.78. The van der Waals surface area contributed by atoms with E-state index in [0.29, 0.717) is 24.5 Å². The molecule has 0 fully saturated rings. The smallest absolute Gasteiger partial charge is 0.242 e. The van der Waals surface area contributed by atoms with Crippen molar-refractivity contribution in [1.82, 2.24) is 15.2 Å². The van der Waals surface area contributed by atoms with Gasteiger partial charge in [0.25, 0.3) is 0 Å². The molecule has 5 heteroatoms. The van der Waals surface area contributed by atoms with Crippen molar-refractivity contribution in [3.8, 4) is 0 Å². The van der Waals surface area contributed by atoms with E-state index >= 15 is 0 Å². The first-order valence-electron chi connectivity index (χ1n) is 6.94. The second-order valence-corrected chi connectivity index (χ2v) is 4.50. The minimum Gasteiger partial charge on any atom is -0.353 e. The molecule has 0 saturated carbocycles. The minimum atomic E-state index is -0.177. The Morgan fingerprint density at radius 2 is 1.80 bits per heavy atom. The lowest BCUT2D eigenvalue weighted by molar-refractivity contribution is 0.610. The summed E-state index contributed by atoms with van der Waals surface area (Å²) in [6.07, 6.45) is 2.26. The summed E-state index contributed by atoms with van der Waals surface area (Å²) in [6.45, 7) is 4.67. The zero-order chi connectivity index (χ0) is 14.4. The monoisotopic (exact) mass is 274 g/mol. The number of halogens is 1. The third-order valence-corrected chi connectivity index (χ3v) is 3.14. The van der Waals surface area contributed by atoms with Crippen molar-refractivity contribution in [3.63, 3.8) is 0 Å². The molecular formula is C15H19FN4. The van der Waals surface area contributed by atoms with Gasteiger partial charge in [-0.2, -0.15) is 5.10 Å². The standard InChI is InChI=1S/C15H19FN4/c1-3-13-14(4-2)19-20-15(18-13)17-10-9-11-7-5-6-8-12(11)16/h5-8H,3-4,9-10H2,1-2H3,(H,17,18,20). The van der Waals surface area contributed by atoms with Crippen LogP contribution in [0.2, 0.25) is 0 Å². The molecule has 0 aliphatic heterocycles. The maximum atomic E-state index is 13.5. The van der Waals surface area contributed by atoms with E-state index in [-0.39, 0.29) is 5.82 Å². The van der Waals surface area contributed by atoms with Gasteiger partial charge in [-0.1, -0.05) is 32.0 Å². The molecule has 0 unspecified atom stereocenters. The summed E-state index contributed by atoms with van der Waals surface area (Å²) in [5, 5.41) is 11.3. The number of nitrogens with one attached hydrogen (secondary N) is 1. The highest BCUT2D eigenvalue weighted by Gasteiger charge is 2.06. The van der Waals surface area contributed by atoms with Gasteiger partial charge in [0, 0.05) is 6.54 Å². The largest absolute Gasteiger partial charge is 0.353 e. The van der Waals surface area contributed by atoms with Crippen LogP contribution in [0.25, 0.3) is 0 Å². The molecule has 0 aliphatic rings. The molecule has 0 aliphatic carbocycles. The lowest BCUT2D eigenvalue weighted by atomic mass is 10.1. The van der Waals surface area contributed by atoms with Gasteiger partial charge in [-0.05, 0) is 30.9 Å². The molecule has 2 rings (SSSR count). The molecule has 0 spiro atoms. The van der Waals surface area contributed by atoms with Crippen LogP contribution in [0.15, 0.2) is 24.3 Å². The third kappa shape index (κ3) is 3.50. The van der Waals surface area contributed by atoms with E-state index in [1.807, 2.05) is 19.9 Å². The van der Waals surface area contributed by atoms with Crippen LogP contribution in [0.5, 0.6) is 0 Å². The minimum absolute atomic E-state index is 0.177. The first kappa shape index (κ1) is 14.4. The highest BCUT2D eigenvalue weighted by Crippen LogP contribution is 2.09. The van der Waals surface area contributed by atoms with Crippen LogP contribution in [-0.4, -0.2) is 21.7 Å². The highest BCUT2D eigenvalue weighted by molar-refractivity contribution is 5.27. The first-order chi connectivity index (χ1) is 9.74. The molecule has 106 valence electrons. The van der Waals surface area contributed by atoms with E-state index < -0.39 is 0 Å². The average Bonchev–Trinajstić information content (AvgIpc) is 2.49. The van der Waals surface area contributed by atoms with E-state index in [0.717, 1.165) is 24.2 Å². The van der Waals surface area contributed by atoms with Gasteiger partial charge >= 0.3 is 0 Å². The van der Waals surface area contributed by atoms with Crippen LogP contribution in [0.4, 0.5) is 10.3 Å². The zero-order valence-corrected chi connectivity index (χ0v) is 11.9. The van der Waals surface area contributed by atoms with E-state index in [1.165, 1.54) is 6.07 Å². The Morgan fingerprint density at radius 3 is 2.50 bits per heavy atom. The van der Waals surface area contributed by atoms with Crippen LogP contribution >= 0.6 is 0 Å². The Hall–Kier alpha value is -2.04. The van der Waals surface area contributed by atoms with Crippen LogP contribution in [0.3, 0.4) is 0 Å². The predicted molar refractivity (Wildman–Crippen MR) is 77.2 cm³/mol. The quantitative estimate of drug-likeness (QED) is 0.880. The number of aryl methyl sites for hydroxylation is 2. The second-order valence-electron chi connectivity index (χ2n) is 4.50. The molecule has 1 N–H and O–H groups in total. The average molecular weight is 274 g/mol. The third-order valence-electron chi connectivity index (χ3n) is 3.14. The molecule has 0 bridgehead atoms. The molecule has 20 heavy (non-hydrogen) atoms. The van der Waals surface area contributed by atoms with Crippen molar-refractivity contribution >= 4 is 5.95 Å². The number of nitrogens with zero attached hydrogens (tertiary/aromatic N) is 3. The summed E-state index contributed by atoms with van der Waals surface area (Å²) in [5.74, 6) is 0.333. The van der Waals surface area contributed by atoms with Gasteiger partial charge in [0.2, 0.25) is 5.95 Å². The molecule has 1 aromatic carbocycles. The van der Waals surface area contributed by atoms with Gasteiger partial charge in [-0.15, -0.1) is 5.10 Å². The second kappa shape index (κ2) is 6.93. The van der Waals surface area contributed by atoms with Crippen LogP contribution < -0.4 is 5.32 Å². The van der Waals surface area contributed by atoms with E-state index in [2.05, 4.69) is 20.5 Å². The molecule has 4 nitrogen and oxygen atoms in total. The van der Waals surface area contributed by atoms with Crippen LogP contribution in [-0.2, 0) is 19.3 Å². The fraction of sp³-hybridized carbons (Fsp3) is 0.400. The Bertz CT molecular complexity index is 572. The van der Waals surface area contributed by atoms with E-state index in [4.69, 9.17) is 0 Å². The predicted octanol–water partition coefficient (Wildman–Crippen LogP) is 2.79. The van der Waals surface area contributed by atoms with Crippen molar-refractivity contribution in [2.45, 2.75) is 33.1 Å². The number of benzene rings is 1. The van der Waals surface area contributed by atoms with Crippen molar-refractivity contribution in [2.24, 2.45) is 0 Å². The maximum absolute atomic E-state index is 13.5. The fourth-order valence-electron chi connectivity index (χ4n) is 2.02. The summed E-state index contributed by atoms with van der Waals surface area (Å²) in [5.41, 5.74) is 2.59. The molecule has 1 aromatic heterocycles. The maximum Gasteiger partial charge on any atom is 0.242 e. The molecule has 0 amide bonds. The number of hydrogen-bond acceptors (Lipinski definition) is 4. The first-order valence-corrected chi connectivity index (χ1v) is 6.94. The summed E-state index contributed by atoms with van der Waals surface area (Å²) in [4.78, 5) is 4.44. The molecule has 0 saturated heterocycles. The normalized spacial score (nSPS) is 10.6. The Kier molecular flexibility index (Phi) is 4.98. The van der Waals surface area contributed by atoms with Gasteiger partial charge in [0.15, 0.2) is 0 Å². The number of rotatable bonds is 6. The number of anilines is 1. The van der Waals surface area contributed by atoms with Gasteiger partial charge in [-0.3, -0.25) is 0 Å². The molecule has 0 atom stereocenters.